The third kappa shape index (κ3) is 2.74. The second-order valence-corrected chi connectivity index (χ2v) is 9.91. The molecule has 0 aromatic heterocycles. The van der Waals surface area contributed by atoms with Gasteiger partial charge in [-0.15, -0.1) is 0 Å². The first kappa shape index (κ1) is 19.2. The van der Waals surface area contributed by atoms with Crippen molar-refractivity contribution in [3.05, 3.63) is 96.1 Å². The number of hydrogen-bond acceptors (Lipinski definition) is 2. The van der Waals surface area contributed by atoms with Crippen LogP contribution in [0.15, 0.2) is 84.9 Å². The summed E-state index contributed by atoms with van der Waals surface area (Å²) in [6.07, 6.45) is 0. The summed E-state index contributed by atoms with van der Waals surface area (Å²) in [5, 5.41) is 0. The van der Waals surface area contributed by atoms with E-state index >= 15 is 0 Å². The summed E-state index contributed by atoms with van der Waals surface area (Å²) in [4.78, 5) is 2.42. The Hall–Kier alpha value is -3.46. The van der Waals surface area contributed by atoms with Crippen LogP contribution in [-0.4, -0.2) is 6.71 Å². The van der Waals surface area contributed by atoms with Gasteiger partial charge in [0.05, 0.1) is 0 Å². The van der Waals surface area contributed by atoms with Crippen molar-refractivity contribution in [3.63, 3.8) is 0 Å². The smallest absolute Gasteiger partial charge is 0.256 e. The number of aryl methyl sites for hydroxylation is 1. The van der Waals surface area contributed by atoms with Crippen molar-refractivity contribution in [2.45, 2.75) is 33.1 Å². The fourth-order valence-electron chi connectivity index (χ4n) is 5.25. The third-order valence-electron chi connectivity index (χ3n) is 6.80. The van der Waals surface area contributed by atoms with Gasteiger partial charge in [0.25, 0.3) is 6.71 Å². The molecule has 0 aliphatic carbocycles. The predicted molar refractivity (Wildman–Crippen MR) is 136 cm³/mol. The molecule has 0 N–H and O–H groups in total. The van der Waals surface area contributed by atoms with Gasteiger partial charge in [0.15, 0.2) is 0 Å². The Labute approximate surface area is 190 Å². The van der Waals surface area contributed by atoms with Crippen molar-refractivity contribution >= 4 is 40.2 Å². The van der Waals surface area contributed by atoms with Crippen molar-refractivity contribution in [1.82, 2.24) is 0 Å². The topological polar surface area (TPSA) is 12.5 Å². The van der Waals surface area contributed by atoms with Crippen molar-refractivity contribution in [1.29, 1.82) is 0 Å². The Morgan fingerprint density at radius 1 is 0.719 bits per heavy atom. The maximum absolute atomic E-state index is 6.41. The molecule has 0 saturated carbocycles. The van der Waals surface area contributed by atoms with E-state index in [1.54, 1.807) is 0 Å². The lowest BCUT2D eigenvalue weighted by molar-refractivity contribution is 0.487. The van der Waals surface area contributed by atoms with Gasteiger partial charge in [-0.3, -0.25) is 0 Å². The summed E-state index contributed by atoms with van der Waals surface area (Å²) in [5.74, 6) is 1.91. The molecule has 3 heteroatoms. The first-order valence-electron chi connectivity index (χ1n) is 11.3. The summed E-state index contributed by atoms with van der Waals surface area (Å²) >= 11 is 0. The first-order valence-corrected chi connectivity index (χ1v) is 11.3. The zero-order valence-corrected chi connectivity index (χ0v) is 19.0. The van der Waals surface area contributed by atoms with E-state index in [1.807, 2.05) is 0 Å². The van der Waals surface area contributed by atoms with Crippen LogP contribution in [0.5, 0.6) is 11.5 Å². The molecule has 0 radical (unpaired) electrons. The quantitative estimate of drug-likeness (QED) is 0.320. The van der Waals surface area contributed by atoms with Gasteiger partial charge in [0.2, 0.25) is 0 Å². The summed E-state index contributed by atoms with van der Waals surface area (Å²) in [5.41, 5.74) is 10.3. The number of ether oxygens (including phenoxy) is 1. The number of rotatable bonds is 1. The van der Waals surface area contributed by atoms with Gasteiger partial charge < -0.3 is 9.64 Å². The van der Waals surface area contributed by atoms with E-state index in [0.717, 1.165) is 11.5 Å². The fraction of sp³-hybridized carbons (Fsp3) is 0.172. The first-order chi connectivity index (χ1) is 15.4. The van der Waals surface area contributed by atoms with E-state index in [0.29, 0.717) is 0 Å². The largest absolute Gasteiger partial charge is 0.458 e. The number of nitrogens with zero attached hydrogens (tertiary/aromatic N) is 1. The monoisotopic (exact) mass is 415 g/mol. The van der Waals surface area contributed by atoms with Crippen LogP contribution in [0.3, 0.4) is 0 Å². The number of hydrogen-bond donors (Lipinski definition) is 0. The molecule has 0 spiro atoms. The van der Waals surface area contributed by atoms with Crippen molar-refractivity contribution in [2.24, 2.45) is 0 Å². The second-order valence-electron chi connectivity index (χ2n) is 9.91. The highest BCUT2D eigenvalue weighted by Gasteiger charge is 2.42. The number of para-hydroxylation sites is 2. The highest BCUT2D eigenvalue weighted by atomic mass is 16.5. The zero-order valence-electron chi connectivity index (χ0n) is 19.0. The maximum Gasteiger partial charge on any atom is 0.256 e. The summed E-state index contributed by atoms with van der Waals surface area (Å²) in [6, 6.07) is 30.4. The van der Waals surface area contributed by atoms with Crippen LogP contribution in [0.25, 0.3) is 0 Å². The molecule has 0 saturated heterocycles. The Bertz CT molecular complexity index is 1350. The lowest BCUT2D eigenvalue weighted by Gasteiger charge is -2.41. The SMILES string of the molecule is Cc1cc(C(C)(C)C)cc2c1B1c3ccccc3Oc3cccc(c31)N2c1ccccc1. The lowest BCUT2D eigenvalue weighted by atomic mass is 9.33. The molecule has 2 heterocycles. The van der Waals surface area contributed by atoms with E-state index in [-0.39, 0.29) is 12.1 Å². The van der Waals surface area contributed by atoms with Gasteiger partial charge in [-0.25, -0.2) is 0 Å². The van der Waals surface area contributed by atoms with Crippen LogP contribution in [0.2, 0.25) is 0 Å². The Balaban J connectivity index is 1.73. The molecule has 0 bridgehead atoms. The molecule has 156 valence electrons. The summed E-state index contributed by atoms with van der Waals surface area (Å²) in [6.45, 7) is 9.30. The minimum atomic E-state index is 0.0673. The van der Waals surface area contributed by atoms with Gasteiger partial charge in [0.1, 0.15) is 11.5 Å². The van der Waals surface area contributed by atoms with E-state index in [1.165, 1.54) is 44.6 Å². The minimum absolute atomic E-state index is 0.0673. The van der Waals surface area contributed by atoms with E-state index in [4.69, 9.17) is 4.74 Å². The standard InChI is InChI=1S/C29H26BNO/c1-19-17-20(29(2,3)4)18-24-27(19)30-22-13-8-9-15-25(22)32-26-16-10-14-23(28(26)30)31(24)21-11-6-5-7-12-21/h5-18H,1-4H3. The van der Waals surface area contributed by atoms with Gasteiger partial charge in [-0.1, -0.05) is 74.9 Å². The van der Waals surface area contributed by atoms with Gasteiger partial charge in [0, 0.05) is 17.1 Å². The van der Waals surface area contributed by atoms with E-state index in [2.05, 4.69) is 118 Å². The number of fused-ring (bicyclic) bond motifs is 4. The fourth-order valence-corrected chi connectivity index (χ4v) is 5.25. The summed E-state index contributed by atoms with van der Waals surface area (Å²) < 4.78 is 6.41. The average molecular weight is 415 g/mol. The molecule has 0 unspecified atom stereocenters. The Kier molecular flexibility index (Phi) is 4.07. The predicted octanol–water partition coefficient (Wildman–Crippen LogP) is 5.70. The Morgan fingerprint density at radius 3 is 2.22 bits per heavy atom. The molecule has 2 aliphatic rings. The molecule has 2 aliphatic heterocycles. The van der Waals surface area contributed by atoms with Crippen LogP contribution in [-0.2, 0) is 5.41 Å². The van der Waals surface area contributed by atoms with E-state index in [9.17, 15) is 0 Å². The van der Waals surface area contributed by atoms with Gasteiger partial charge in [-0.2, -0.15) is 0 Å². The van der Waals surface area contributed by atoms with Crippen LogP contribution >= 0.6 is 0 Å². The molecule has 0 atom stereocenters. The molecule has 2 nitrogen and oxygen atoms in total. The summed E-state index contributed by atoms with van der Waals surface area (Å²) in [7, 11) is 0. The second kappa shape index (κ2) is 6.77. The van der Waals surface area contributed by atoms with Crippen molar-refractivity contribution in [2.75, 3.05) is 4.90 Å². The molecular formula is C29H26BNO. The highest BCUT2D eigenvalue weighted by Crippen LogP contribution is 2.42. The van der Waals surface area contributed by atoms with Crippen LogP contribution in [0, 0.1) is 6.92 Å². The van der Waals surface area contributed by atoms with Crippen LogP contribution in [0.1, 0.15) is 31.9 Å². The van der Waals surface area contributed by atoms with Crippen LogP contribution in [0.4, 0.5) is 17.1 Å². The van der Waals surface area contributed by atoms with E-state index < -0.39 is 0 Å². The molecule has 4 aromatic rings. The minimum Gasteiger partial charge on any atom is -0.458 e. The van der Waals surface area contributed by atoms with Gasteiger partial charge in [-0.05, 0) is 70.7 Å². The number of benzene rings is 4. The van der Waals surface area contributed by atoms with Crippen molar-refractivity contribution < 1.29 is 4.74 Å². The number of anilines is 3. The molecule has 32 heavy (non-hydrogen) atoms. The zero-order chi connectivity index (χ0) is 22.0. The maximum atomic E-state index is 6.41. The van der Waals surface area contributed by atoms with Crippen LogP contribution < -0.4 is 26.0 Å². The third-order valence-corrected chi connectivity index (χ3v) is 6.80. The lowest BCUT2D eigenvalue weighted by Crippen LogP contribution is -2.60. The average Bonchev–Trinajstić information content (AvgIpc) is 2.78. The molecular weight excluding hydrogens is 389 g/mol. The van der Waals surface area contributed by atoms with Gasteiger partial charge >= 0.3 is 0 Å². The van der Waals surface area contributed by atoms with Crippen molar-refractivity contribution in [3.8, 4) is 11.5 Å². The normalized spacial score (nSPS) is 13.8. The molecule has 4 aromatic carbocycles. The highest BCUT2D eigenvalue weighted by molar-refractivity contribution is 6.99. The molecule has 6 rings (SSSR count). The molecule has 0 amide bonds. The molecule has 0 fully saturated rings. The Morgan fingerprint density at radius 2 is 1.44 bits per heavy atom.